The third-order valence-electron chi connectivity index (χ3n) is 2.89. The van der Waals surface area contributed by atoms with Crippen molar-refractivity contribution in [1.82, 2.24) is 9.97 Å². The molecule has 0 spiro atoms. The fourth-order valence-electron chi connectivity index (χ4n) is 1.87. The van der Waals surface area contributed by atoms with Gasteiger partial charge in [0.05, 0.1) is 0 Å². The van der Waals surface area contributed by atoms with Crippen LogP contribution in [0, 0.1) is 6.92 Å². The molecule has 82 valence electrons. The maximum Gasteiger partial charge on any atom is 0.227 e. The van der Waals surface area contributed by atoms with Gasteiger partial charge >= 0.3 is 0 Å². The molecule has 1 aliphatic rings. The number of nitrogen functional groups attached to an aromatic ring is 1. The number of nitrogens with zero attached hydrogens (tertiary/aromatic N) is 3. The van der Waals surface area contributed by atoms with Gasteiger partial charge in [0.2, 0.25) is 5.95 Å². The summed E-state index contributed by atoms with van der Waals surface area (Å²) in [6.07, 6.45) is 6.91. The lowest BCUT2D eigenvalue weighted by atomic mass is 10.2. The Morgan fingerprint density at radius 2 is 1.87 bits per heavy atom. The Kier molecular flexibility index (Phi) is 3.04. The zero-order valence-corrected chi connectivity index (χ0v) is 9.24. The highest BCUT2D eigenvalue weighted by Gasteiger charge is 2.12. The summed E-state index contributed by atoms with van der Waals surface area (Å²) in [5, 5.41) is 0. The molecule has 0 unspecified atom stereocenters. The van der Waals surface area contributed by atoms with E-state index in [4.69, 9.17) is 5.73 Å². The minimum atomic E-state index is 0.601. The van der Waals surface area contributed by atoms with Gasteiger partial charge in [-0.25, -0.2) is 4.98 Å². The number of aromatic nitrogens is 2. The molecule has 0 atom stereocenters. The zero-order valence-electron chi connectivity index (χ0n) is 9.24. The first kappa shape index (κ1) is 10.2. The Bertz CT molecular complexity index is 329. The van der Waals surface area contributed by atoms with E-state index in [0.29, 0.717) is 5.82 Å². The monoisotopic (exact) mass is 206 g/mol. The molecule has 0 radical (unpaired) electrons. The molecular formula is C11H18N4. The molecule has 0 saturated carbocycles. The number of rotatable bonds is 1. The summed E-state index contributed by atoms with van der Waals surface area (Å²) in [7, 11) is 0. The lowest BCUT2D eigenvalue weighted by Gasteiger charge is -2.20. The molecule has 0 bridgehead atoms. The van der Waals surface area contributed by atoms with Gasteiger partial charge in [-0.3, -0.25) is 0 Å². The zero-order chi connectivity index (χ0) is 10.7. The Morgan fingerprint density at radius 1 is 1.20 bits per heavy atom. The summed E-state index contributed by atoms with van der Waals surface area (Å²) in [4.78, 5) is 10.9. The molecule has 1 aromatic rings. The summed E-state index contributed by atoms with van der Waals surface area (Å²) in [5.41, 5.74) is 6.74. The van der Waals surface area contributed by atoms with E-state index in [1.54, 1.807) is 0 Å². The van der Waals surface area contributed by atoms with Crippen molar-refractivity contribution in [1.29, 1.82) is 0 Å². The maximum absolute atomic E-state index is 5.79. The summed E-state index contributed by atoms with van der Waals surface area (Å²) in [6.45, 7) is 4.05. The number of anilines is 2. The van der Waals surface area contributed by atoms with E-state index in [1.165, 1.54) is 25.7 Å². The molecule has 2 N–H and O–H groups in total. The molecule has 1 fully saturated rings. The van der Waals surface area contributed by atoms with Crippen molar-refractivity contribution in [2.75, 3.05) is 23.7 Å². The normalized spacial score (nSPS) is 17.5. The van der Waals surface area contributed by atoms with Gasteiger partial charge in [0.25, 0.3) is 0 Å². The highest BCUT2D eigenvalue weighted by Crippen LogP contribution is 2.17. The van der Waals surface area contributed by atoms with Gasteiger partial charge in [-0.1, -0.05) is 12.8 Å². The molecule has 4 nitrogen and oxygen atoms in total. The second-order valence-corrected chi connectivity index (χ2v) is 4.14. The lowest BCUT2D eigenvalue weighted by molar-refractivity contribution is 0.726. The number of hydrogen-bond acceptors (Lipinski definition) is 4. The predicted molar refractivity (Wildman–Crippen MR) is 61.9 cm³/mol. The predicted octanol–water partition coefficient (Wildman–Crippen LogP) is 1.75. The van der Waals surface area contributed by atoms with Crippen LogP contribution in [0.1, 0.15) is 31.2 Å². The highest BCUT2D eigenvalue weighted by molar-refractivity contribution is 5.43. The molecule has 1 saturated heterocycles. The summed E-state index contributed by atoms with van der Waals surface area (Å²) < 4.78 is 0. The van der Waals surface area contributed by atoms with E-state index >= 15 is 0 Å². The van der Waals surface area contributed by atoms with Crippen molar-refractivity contribution >= 4 is 11.8 Å². The first-order chi connectivity index (χ1) is 7.27. The molecule has 0 aromatic carbocycles. The maximum atomic E-state index is 5.79. The van der Waals surface area contributed by atoms with Gasteiger partial charge in [0, 0.05) is 24.8 Å². The minimum absolute atomic E-state index is 0.601. The molecule has 15 heavy (non-hydrogen) atoms. The van der Waals surface area contributed by atoms with Crippen molar-refractivity contribution < 1.29 is 0 Å². The Morgan fingerprint density at radius 3 is 2.47 bits per heavy atom. The fourth-order valence-corrected chi connectivity index (χ4v) is 1.87. The van der Waals surface area contributed by atoms with Crippen LogP contribution in [0.4, 0.5) is 11.8 Å². The van der Waals surface area contributed by atoms with E-state index in [0.717, 1.165) is 24.6 Å². The van der Waals surface area contributed by atoms with E-state index in [-0.39, 0.29) is 0 Å². The van der Waals surface area contributed by atoms with Crippen molar-refractivity contribution in [3.63, 3.8) is 0 Å². The first-order valence-corrected chi connectivity index (χ1v) is 5.61. The van der Waals surface area contributed by atoms with Crippen LogP contribution < -0.4 is 10.6 Å². The molecule has 1 aliphatic heterocycles. The second kappa shape index (κ2) is 4.47. The molecule has 2 rings (SSSR count). The number of hydrogen-bond donors (Lipinski definition) is 1. The molecule has 4 heteroatoms. The summed E-state index contributed by atoms with van der Waals surface area (Å²) in [5.74, 6) is 1.39. The molecule has 1 aromatic heterocycles. The second-order valence-electron chi connectivity index (χ2n) is 4.14. The average molecular weight is 206 g/mol. The molecule has 0 aliphatic carbocycles. The third-order valence-corrected chi connectivity index (χ3v) is 2.89. The average Bonchev–Trinajstić information content (AvgIpc) is 2.50. The molecular weight excluding hydrogens is 188 g/mol. The van der Waals surface area contributed by atoms with Gasteiger partial charge in [0.15, 0.2) is 0 Å². The van der Waals surface area contributed by atoms with Crippen LogP contribution in [0.3, 0.4) is 0 Å². The van der Waals surface area contributed by atoms with Crippen LogP contribution in [0.5, 0.6) is 0 Å². The highest BCUT2D eigenvalue weighted by atomic mass is 15.3. The molecule has 0 amide bonds. The number of aryl methyl sites for hydroxylation is 1. The van der Waals surface area contributed by atoms with Gasteiger partial charge in [0.1, 0.15) is 5.82 Å². The minimum Gasteiger partial charge on any atom is -0.383 e. The molecule has 2 heterocycles. The smallest absolute Gasteiger partial charge is 0.227 e. The van der Waals surface area contributed by atoms with Crippen LogP contribution in [-0.2, 0) is 0 Å². The van der Waals surface area contributed by atoms with Crippen LogP contribution >= 0.6 is 0 Å². The standard InChI is InChI=1S/C11H18N4/c1-9-8-13-11(14-10(9)12)15-6-4-2-3-5-7-15/h8H,2-7H2,1H3,(H2,12,13,14). The van der Waals surface area contributed by atoms with Crippen LogP contribution in [0.25, 0.3) is 0 Å². The van der Waals surface area contributed by atoms with Crippen LogP contribution in [0.15, 0.2) is 6.20 Å². The topological polar surface area (TPSA) is 55.0 Å². The van der Waals surface area contributed by atoms with Crippen molar-refractivity contribution in [3.8, 4) is 0 Å². The quantitative estimate of drug-likeness (QED) is 0.760. The Labute approximate surface area is 90.5 Å². The van der Waals surface area contributed by atoms with E-state index in [1.807, 2.05) is 13.1 Å². The van der Waals surface area contributed by atoms with Crippen LogP contribution in [-0.4, -0.2) is 23.1 Å². The largest absolute Gasteiger partial charge is 0.383 e. The number of nitrogens with two attached hydrogens (primary N) is 1. The Hall–Kier alpha value is -1.32. The summed E-state index contributed by atoms with van der Waals surface area (Å²) >= 11 is 0. The van der Waals surface area contributed by atoms with Gasteiger partial charge in [-0.05, 0) is 19.8 Å². The van der Waals surface area contributed by atoms with Gasteiger partial charge in [-0.15, -0.1) is 0 Å². The van der Waals surface area contributed by atoms with Crippen molar-refractivity contribution in [2.45, 2.75) is 32.6 Å². The van der Waals surface area contributed by atoms with Crippen molar-refractivity contribution in [2.24, 2.45) is 0 Å². The SMILES string of the molecule is Cc1cnc(N2CCCCCC2)nc1N. The Balaban J connectivity index is 2.16. The van der Waals surface area contributed by atoms with Gasteiger partial charge < -0.3 is 10.6 Å². The van der Waals surface area contributed by atoms with E-state index in [9.17, 15) is 0 Å². The first-order valence-electron chi connectivity index (χ1n) is 5.61. The lowest BCUT2D eigenvalue weighted by Crippen LogP contribution is -2.26. The summed E-state index contributed by atoms with van der Waals surface area (Å²) in [6, 6.07) is 0. The van der Waals surface area contributed by atoms with Gasteiger partial charge in [-0.2, -0.15) is 4.98 Å². The van der Waals surface area contributed by atoms with Crippen molar-refractivity contribution in [3.05, 3.63) is 11.8 Å². The van der Waals surface area contributed by atoms with Crippen LogP contribution in [0.2, 0.25) is 0 Å². The van der Waals surface area contributed by atoms with E-state index < -0.39 is 0 Å². The third kappa shape index (κ3) is 2.37. The van der Waals surface area contributed by atoms with E-state index in [2.05, 4.69) is 14.9 Å². The fraction of sp³-hybridized carbons (Fsp3) is 0.636.